The number of nitrogens with zero attached hydrogens (tertiary/aromatic N) is 6. The van der Waals surface area contributed by atoms with Gasteiger partial charge >= 0.3 is 0 Å². The third-order valence-corrected chi connectivity index (χ3v) is 5.70. The predicted molar refractivity (Wildman–Crippen MR) is 116 cm³/mol. The Labute approximate surface area is 188 Å². The summed E-state index contributed by atoms with van der Waals surface area (Å²) in [5.41, 5.74) is 1.24. The molecule has 0 bridgehead atoms. The van der Waals surface area contributed by atoms with Gasteiger partial charge in [0, 0.05) is 26.2 Å². The number of hydrogen-bond acceptors (Lipinski definition) is 6. The molecular formula is C21H22ClF2N7O. The quantitative estimate of drug-likeness (QED) is 0.625. The minimum absolute atomic E-state index is 0.212. The van der Waals surface area contributed by atoms with E-state index in [1.54, 1.807) is 38.4 Å². The molecule has 168 valence electrons. The molecule has 1 aliphatic rings. The Bertz CT molecular complexity index is 1090. The molecule has 0 aromatic carbocycles. The number of likely N-dealkylation sites (tertiary alicyclic amines) is 1. The van der Waals surface area contributed by atoms with Crippen LogP contribution in [0.5, 0.6) is 0 Å². The zero-order valence-corrected chi connectivity index (χ0v) is 18.3. The van der Waals surface area contributed by atoms with Gasteiger partial charge in [-0.3, -0.25) is 14.5 Å². The maximum absolute atomic E-state index is 14.5. The summed E-state index contributed by atoms with van der Waals surface area (Å²) in [7, 11) is 1.69. The number of anilines is 1. The smallest absolute Gasteiger partial charge is 0.265 e. The highest BCUT2D eigenvalue weighted by atomic mass is 35.5. The molecule has 0 spiro atoms. The van der Waals surface area contributed by atoms with E-state index in [0.29, 0.717) is 22.4 Å². The van der Waals surface area contributed by atoms with Crippen molar-refractivity contribution in [3.05, 3.63) is 53.6 Å². The van der Waals surface area contributed by atoms with E-state index in [-0.39, 0.29) is 18.5 Å². The molecule has 2 atom stereocenters. The second kappa shape index (κ2) is 8.78. The fourth-order valence-electron chi connectivity index (χ4n) is 4.03. The van der Waals surface area contributed by atoms with Gasteiger partial charge in [-0.25, -0.2) is 18.7 Å². The first kappa shape index (κ1) is 22.1. The number of aromatic nitrogens is 5. The lowest BCUT2D eigenvalue weighted by atomic mass is 9.88. The summed E-state index contributed by atoms with van der Waals surface area (Å²) < 4.78 is 30.5. The molecule has 1 amide bonds. The first-order chi connectivity index (χ1) is 15.2. The molecule has 11 heteroatoms. The van der Waals surface area contributed by atoms with Gasteiger partial charge in [-0.15, -0.1) is 0 Å². The monoisotopic (exact) mass is 461 g/mol. The van der Waals surface area contributed by atoms with Crippen molar-refractivity contribution < 1.29 is 13.6 Å². The number of halogens is 3. The number of carbonyl (C=O) groups is 1. The van der Waals surface area contributed by atoms with Gasteiger partial charge in [0.2, 0.25) is 5.95 Å². The van der Waals surface area contributed by atoms with Crippen LogP contribution in [-0.4, -0.2) is 60.6 Å². The zero-order valence-electron chi connectivity index (χ0n) is 17.5. The lowest BCUT2D eigenvalue weighted by Crippen LogP contribution is -2.57. The highest BCUT2D eigenvalue weighted by molar-refractivity contribution is 6.30. The summed E-state index contributed by atoms with van der Waals surface area (Å²) in [6.45, 7) is 1.25. The van der Waals surface area contributed by atoms with Gasteiger partial charge in [0.05, 0.1) is 53.2 Å². The van der Waals surface area contributed by atoms with Gasteiger partial charge in [0.25, 0.3) is 11.8 Å². The van der Waals surface area contributed by atoms with Crippen molar-refractivity contribution in [2.45, 2.75) is 25.3 Å². The third kappa shape index (κ3) is 4.55. The summed E-state index contributed by atoms with van der Waals surface area (Å²) in [6.07, 6.45) is 5.56. The SMILES string of the molecule is C[C@@H]1CC(F)(F)CN(C(=O)c2cnn(C)c2-c2ccccn2)C1CNc1ncc(Cl)cn1. The second-order valence-electron chi connectivity index (χ2n) is 7.89. The van der Waals surface area contributed by atoms with Crippen molar-refractivity contribution in [1.82, 2.24) is 29.6 Å². The average molecular weight is 462 g/mol. The zero-order chi connectivity index (χ0) is 22.9. The Morgan fingerprint density at radius 1 is 1.25 bits per heavy atom. The van der Waals surface area contributed by atoms with Gasteiger partial charge in [0.1, 0.15) is 0 Å². The number of pyridine rings is 1. The molecule has 0 saturated carbocycles. The minimum Gasteiger partial charge on any atom is -0.352 e. The molecule has 3 aromatic heterocycles. The molecule has 32 heavy (non-hydrogen) atoms. The molecule has 1 fully saturated rings. The van der Waals surface area contributed by atoms with Gasteiger partial charge in [-0.1, -0.05) is 24.6 Å². The minimum atomic E-state index is -2.99. The van der Waals surface area contributed by atoms with Crippen LogP contribution < -0.4 is 5.32 Å². The van der Waals surface area contributed by atoms with Crippen molar-refractivity contribution in [2.75, 3.05) is 18.4 Å². The summed E-state index contributed by atoms with van der Waals surface area (Å²) in [5, 5.41) is 7.60. The number of carbonyl (C=O) groups excluding carboxylic acids is 1. The van der Waals surface area contributed by atoms with Crippen LogP contribution in [-0.2, 0) is 7.05 Å². The Hall–Kier alpha value is -3.14. The molecule has 8 nitrogen and oxygen atoms in total. The Morgan fingerprint density at radius 3 is 2.69 bits per heavy atom. The van der Waals surface area contributed by atoms with Crippen LogP contribution >= 0.6 is 11.6 Å². The van der Waals surface area contributed by atoms with Gasteiger partial charge < -0.3 is 10.2 Å². The van der Waals surface area contributed by atoms with Crippen LogP contribution in [0.15, 0.2) is 43.0 Å². The normalized spacial score (nSPS) is 20.2. The van der Waals surface area contributed by atoms with Gasteiger partial charge in [0.15, 0.2) is 0 Å². The lowest BCUT2D eigenvalue weighted by Gasteiger charge is -2.43. The van der Waals surface area contributed by atoms with Crippen LogP contribution in [0.25, 0.3) is 11.4 Å². The fraction of sp³-hybridized carbons (Fsp3) is 0.381. The molecule has 0 aliphatic carbocycles. The second-order valence-corrected chi connectivity index (χ2v) is 8.33. The number of nitrogens with one attached hydrogen (secondary N) is 1. The number of hydrogen-bond donors (Lipinski definition) is 1. The Morgan fingerprint density at radius 2 is 2.00 bits per heavy atom. The van der Waals surface area contributed by atoms with E-state index in [1.807, 2.05) is 0 Å². The molecule has 3 aromatic rings. The van der Waals surface area contributed by atoms with Crippen molar-refractivity contribution >= 4 is 23.5 Å². The number of rotatable bonds is 5. The lowest BCUT2D eigenvalue weighted by molar-refractivity contribution is -0.0897. The average Bonchev–Trinajstić information content (AvgIpc) is 3.15. The number of aryl methyl sites for hydroxylation is 1. The highest BCUT2D eigenvalue weighted by Gasteiger charge is 2.46. The van der Waals surface area contributed by atoms with E-state index >= 15 is 0 Å². The molecule has 0 radical (unpaired) electrons. The number of alkyl halides is 2. The Kier molecular flexibility index (Phi) is 6.05. The van der Waals surface area contributed by atoms with E-state index in [2.05, 4.69) is 25.4 Å². The molecule has 1 saturated heterocycles. The number of amides is 1. The van der Waals surface area contributed by atoms with Crippen molar-refractivity contribution in [3.63, 3.8) is 0 Å². The summed E-state index contributed by atoms with van der Waals surface area (Å²) in [5.74, 6) is -3.66. The first-order valence-corrected chi connectivity index (χ1v) is 10.5. The Balaban J connectivity index is 1.64. The van der Waals surface area contributed by atoms with Crippen molar-refractivity contribution in [3.8, 4) is 11.4 Å². The summed E-state index contributed by atoms with van der Waals surface area (Å²) in [4.78, 5) is 27.2. The van der Waals surface area contributed by atoms with Crippen molar-refractivity contribution in [2.24, 2.45) is 13.0 Å². The topological polar surface area (TPSA) is 88.8 Å². The maximum Gasteiger partial charge on any atom is 0.265 e. The van der Waals surface area contributed by atoms with E-state index in [4.69, 9.17) is 11.6 Å². The van der Waals surface area contributed by atoms with Gasteiger partial charge in [-0.05, 0) is 18.1 Å². The molecule has 4 heterocycles. The van der Waals surface area contributed by atoms with E-state index < -0.39 is 30.3 Å². The third-order valence-electron chi connectivity index (χ3n) is 5.51. The van der Waals surface area contributed by atoms with Crippen LogP contribution in [0.1, 0.15) is 23.7 Å². The standard InChI is InChI=1S/C21H22ClF2N7O/c1-13-7-21(23,24)12-31(17(13)11-28-20-26-8-14(22)9-27-20)19(32)15-10-29-30(2)18(15)16-5-3-4-6-25-16/h3-6,8-10,13,17H,7,11-12H2,1-2H3,(H,26,27,28)/t13-,17?/m1/s1. The number of piperidine rings is 1. The molecule has 4 rings (SSSR count). The molecule has 1 N–H and O–H groups in total. The largest absolute Gasteiger partial charge is 0.352 e. The predicted octanol–water partition coefficient (Wildman–Crippen LogP) is 3.52. The van der Waals surface area contributed by atoms with Crippen LogP contribution in [0.3, 0.4) is 0 Å². The summed E-state index contributed by atoms with van der Waals surface area (Å²) in [6, 6.07) is 4.80. The highest BCUT2D eigenvalue weighted by Crippen LogP contribution is 2.36. The summed E-state index contributed by atoms with van der Waals surface area (Å²) >= 11 is 5.81. The van der Waals surface area contributed by atoms with Crippen molar-refractivity contribution in [1.29, 1.82) is 0 Å². The van der Waals surface area contributed by atoms with Crippen LogP contribution in [0.2, 0.25) is 5.02 Å². The first-order valence-electron chi connectivity index (χ1n) is 10.1. The van der Waals surface area contributed by atoms with Gasteiger partial charge in [-0.2, -0.15) is 5.10 Å². The van der Waals surface area contributed by atoms with Crippen LogP contribution in [0.4, 0.5) is 14.7 Å². The molecule has 1 aliphatic heterocycles. The van der Waals surface area contributed by atoms with E-state index in [0.717, 1.165) is 0 Å². The van der Waals surface area contributed by atoms with Crippen LogP contribution in [0, 0.1) is 5.92 Å². The molecular weight excluding hydrogens is 440 g/mol. The maximum atomic E-state index is 14.5. The molecule has 1 unspecified atom stereocenters. The fourth-order valence-corrected chi connectivity index (χ4v) is 4.13. The van der Waals surface area contributed by atoms with E-state index in [9.17, 15) is 13.6 Å². The van der Waals surface area contributed by atoms with E-state index in [1.165, 1.54) is 28.2 Å².